The third-order valence-corrected chi connectivity index (χ3v) is 4.95. The van der Waals surface area contributed by atoms with Crippen molar-refractivity contribution in [1.29, 1.82) is 0 Å². The van der Waals surface area contributed by atoms with Crippen LogP contribution in [0.15, 0.2) is 54.2 Å². The number of hydrogen-bond donors (Lipinski definition) is 1. The molecule has 0 saturated carbocycles. The number of aromatic nitrogens is 3. The predicted molar refractivity (Wildman–Crippen MR) is 104 cm³/mol. The lowest BCUT2D eigenvalue weighted by Gasteiger charge is -2.12. The van der Waals surface area contributed by atoms with Crippen molar-refractivity contribution in [2.24, 2.45) is 0 Å². The van der Waals surface area contributed by atoms with E-state index >= 15 is 0 Å². The molecule has 0 aliphatic heterocycles. The lowest BCUT2D eigenvalue weighted by Crippen LogP contribution is -2.12. The SMILES string of the molecule is COc1cc(NC(=O)c2cnn3c(-c4cccs4)ccnc23)ccc1OC(F)F. The van der Waals surface area contributed by atoms with E-state index in [4.69, 9.17) is 4.74 Å². The van der Waals surface area contributed by atoms with Crippen LogP contribution in [-0.4, -0.2) is 34.2 Å². The number of halogens is 2. The fourth-order valence-electron chi connectivity index (χ4n) is 2.80. The molecule has 4 rings (SSSR count). The van der Waals surface area contributed by atoms with E-state index in [2.05, 4.69) is 20.1 Å². The molecule has 0 unspecified atom stereocenters. The van der Waals surface area contributed by atoms with E-state index in [0.29, 0.717) is 11.3 Å². The molecule has 7 nitrogen and oxygen atoms in total. The van der Waals surface area contributed by atoms with Crippen LogP contribution >= 0.6 is 11.3 Å². The van der Waals surface area contributed by atoms with Crippen LogP contribution in [0.3, 0.4) is 0 Å². The van der Waals surface area contributed by atoms with E-state index in [0.717, 1.165) is 10.6 Å². The molecule has 0 saturated heterocycles. The van der Waals surface area contributed by atoms with Gasteiger partial charge in [0.2, 0.25) is 0 Å². The standard InChI is InChI=1S/C19H14F2N4O3S/c1-27-15-9-11(4-5-14(15)28-19(20)21)24-18(26)12-10-23-25-13(6-7-22-17(12)25)16-3-2-8-29-16/h2-10,19H,1H3,(H,24,26). The molecule has 4 aromatic rings. The van der Waals surface area contributed by atoms with Gasteiger partial charge in [0.15, 0.2) is 17.1 Å². The van der Waals surface area contributed by atoms with Crippen molar-refractivity contribution >= 4 is 28.6 Å². The maximum atomic E-state index is 12.8. The zero-order valence-corrected chi connectivity index (χ0v) is 15.8. The summed E-state index contributed by atoms with van der Waals surface area (Å²) in [5, 5.41) is 8.93. The summed E-state index contributed by atoms with van der Waals surface area (Å²) < 4.78 is 35.9. The summed E-state index contributed by atoms with van der Waals surface area (Å²) in [6.07, 6.45) is 3.04. The van der Waals surface area contributed by atoms with Crippen molar-refractivity contribution in [2.45, 2.75) is 6.61 Å². The highest BCUT2D eigenvalue weighted by atomic mass is 32.1. The molecule has 0 aliphatic carbocycles. The minimum absolute atomic E-state index is 0.0704. The number of methoxy groups -OCH3 is 1. The summed E-state index contributed by atoms with van der Waals surface area (Å²) in [5.74, 6) is -0.500. The fraction of sp³-hybridized carbons (Fsp3) is 0.105. The number of thiophene rings is 1. The van der Waals surface area contributed by atoms with Gasteiger partial charge in [0, 0.05) is 18.0 Å². The highest BCUT2D eigenvalue weighted by Crippen LogP contribution is 2.32. The second kappa shape index (κ2) is 7.84. The average molecular weight is 416 g/mol. The zero-order valence-electron chi connectivity index (χ0n) is 15.0. The van der Waals surface area contributed by atoms with Gasteiger partial charge in [-0.15, -0.1) is 11.3 Å². The first-order valence-corrected chi connectivity index (χ1v) is 9.25. The van der Waals surface area contributed by atoms with Crippen molar-refractivity contribution in [3.05, 3.63) is 59.7 Å². The molecule has 148 valence electrons. The van der Waals surface area contributed by atoms with Gasteiger partial charge in [-0.2, -0.15) is 13.9 Å². The summed E-state index contributed by atoms with van der Waals surface area (Å²) >= 11 is 1.55. The van der Waals surface area contributed by atoms with Crippen molar-refractivity contribution in [3.8, 4) is 22.1 Å². The van der Waals surface area contributed by atoms with Crippen LogP contribution in [-0.2, 0) is 0 Å². The Hall–Kier alpha value is -3.53. The van der Waals surface area contributed by atoms with Crippen molar-refractivity contribution in [1.82, 2.24) is 14.6 Å². The molecule has 3 aromatic heterocycles. The Balaban J connectivity index is 1.62. The molecular weight excluding hydrogens is 402 g/mol. The van der Waals surface area contributed by atoms with Crippen LogP contribution in [0.25, 0.3) is 16.2 Å². The first kappa shape index (κ1) is 18.8. The Morgan fingerprint density at radius 2 is 2.10 bits per heavy atom. The zero-order chi connectivity index (χ0) is 20.4. The van der Waals surface area contributed by atoms with Crippen molar-refractivity contribution in [2.75, 3.05) is 12.4 Å². The second-order valence-corrected chi connectivity index (χ2v) is 6.75. The summed E-state index contributed by atoms with van der Waals surface area (Å²) in [6, 6.07) is 9.83. The van der Waals surface area contributed by atoms with Gasteiger partial charge in [-0.1, -0.05) is 6.07 Å². The van der Waals surface area contributed by atoms with Gasteiger partial charge in [0.25, 0.3) is 5.91 Å². The van der Waals surface area contributed by atoms with E-state index < -0.39 is 12.5 Å². The van der Waals surface area contributed by atoms with Gasteiger partial charge in [-0.05, 0) is 29.6 Å². The number of carbonyl (C=O) groups excluding carboxylic acids is 1. The summed E-state index contributed by atoms with van der Waals surface area (Å²) in [7, 11) is 1.32. The predicted octanol–water partition coefficient (Wildman–Crippen LogP) is 4.32. The Bertz CT molecular complexity index is 1160. The number of amides is 1. The molecule has 0 fully saturated rings. The second-order valence-electron chi connectivity index (χ2n) is 5.80. The molecule has 1 aromatic carbocycles. The summed E-state index contributed by atoms with van der Waals surface area (Å²) in [4.78, 5) is 18.0. The third-order valence-electron chi connectivity index (χ3n) is 4.06. The van der Waals surface area contributed by atoms with Gasteiger partial charge in [-0.25, -0.2) is 9.50 Å². The van der Waals surface area contributed by atoms with Crippen LogP contribution in [0.2, 0.25) is 0 Å². The van der Waals surface area contributed by atoms with E-state index in [-0.39, 0.29) is 17.1 Å². The Morgan fingerprint density at radius 3 is 2.83 bits per heavy atom. The largest absolute Gasteiger partial charge is 0.493 e. The molecular formula is C19H14F2N4O3S. The highest BCUT2D eigenvalue weighted by Gasteiger charge is 2.18. The normalized spacial score (nSPS) is 11.0. The third kappa shape index (κ3) is 3.74. The number of benzene rings is 1. The van der Waals surface area contributed by atoms with E-state index in [1.807, 2.05) is 23.6 Å². The monoisotopic (exact) mass is 416 g/mol. The number of hydrogen-bond acceptors (Lipinski definition) is 6. The minimum Gasteiger partial charge on any atom is -0.493 e. The Kier molecular flexibility index (Phi) is 5.09. The van der Waals surface area contributed by atoms with Gasteiger partial charge in [0.1, 0.15) is 5.56 Å². The molecule has 0 bridgehead atoms. The summed E-state index contributed by atoms with van der Waals surface area (Å²) in [6.45, 7) is -2.98. The molecule has 1 amide bonds. The molecule has 0 spiro atoms. The molecule has 1 N–H and O–H groups in total. The Morgan fingerprint density at radius 1 is 1.24 bits per heavy atom. The molecule has 29 heavy (non-hydrogen) atoms. The van der Waals surface area contributed by atoms with Crippen LogP contribution in [0, 0.1) is 0 Å². The number of fused-ring (bicyclic) bond motifs is 1. The number of ether oxygens (including phenoxy) is 2. The number of nitrogens with one attached hydrogen (secondary N) is 1. The topological polar surface area (TPSA) is 77.8 Å². The molecule has 0 atom stereocenters. The van der Waals surface area contributed by atoms with E-state index in [1.54, 1.807) is 22.0 Å². The first-order chi connectivity index (χ1) is 14.1. The molecule has 10 heteroatoms. The molecule has 0 radical (unpaired) electrons. The van der Waals surface area contributed by atoms with Crippen molar-refractivity contribution < 1.29 is 23.0 Å². The maximum absolute atomic E-state index is 12.8. The maximum Gasteiger partial charge on any atom is 0.387 e. The molecule has 0 aliphatic rings. The lowest BCUT2D eigenvalue weighted by molar-refractivity contribution is -0.0512. The van der Waals surface area contributed by atoms with Crippen LogP contribution in [0.4, 0.5) is 14.5 Å². The number of nitrogens with zero attached hydrogens (tertiary/aromatic N) is 3. The number of alkyl halides is 2. The number of rotatable bonds is 6. The Labute approximate surface area is 167 Å². The average Bonchev–Trinajstić information content (AvgIpc) is 3.38. The first-order valence-electron chi connectivity index (χ1n) is 8.37. The molecule has 3 heterocycles. The number of carbonyl (C=O) groups is 1. The summed E-state index contributed by atoms with van der Waals surface area (Å²) in [5.41, 5.74) is 1.84. The van der Waals surface area contributed by atoms with Crippen LogP contribution in [0.1, 0.15) is 10.4 Å². The van der Waals surface area contributed by atoms with Crippen LogP contribution in [0.5, 0.6) is 11.5 Å². The quantitative estimate of drug-likeness (QED) is 0.507. The van der Waals surface area contributed by atoms with E-state index in [1.165, 1.54) is 31.5 Å². The van der Waals surface area contributed by atoms with Crippen LogP contribution < -0.4 is 14.8 Å². The van der Waals surface area contributed by atoms with Gasteiger partial charge >= 0.3 is 6.61 Å². The smallest absolute Gasteiger partial charge is 0.387 e. The van der Waals surface area contributed by atoms with Gasteiger partial charge in [0.05, 0.1) is 23.9 Å². The van der Waals surface area contributed by atoms with Gasteiger partial charge < -0.3 is 14.8 Å². The highest BCUT2D eigenvalue weighted by molar-refractivity contribution is 7.13. The van der Waals surface area contributed by atoms with Crippen molar-refractivity contribution in [3.63, 3.8) is 0 Å². The van der Waals surface area contributed by atoms with E-state index in [9.17, 15) is 13.6 Å². The fourth-order valence-corrected chi connectivity index (χ4v) is 3.54. The van der Waals surface area contributed by atoms with Gasteiger partial charge in [-0.3, -0.25) is 4.79 Å². The minimum atomic E-state index is -2.98. The number of anilines is 1. The lowest BCUT2D eigenvalue weighted by atomic mass is 10.2.